The molecule has 2 saturated heterocycles. The highest BCUT2D eigenvalue weighted by Crippen LogP contribution is 2.66. The summed E-state index contributed by atoms with van der Waals surface area (Å²) in [6.45, 7) is 3.42. The van der Waals surface area contributed by atoms with Crippen LogP contribution in [0.4, 0.5) is 10.1 Å². The monoisotopic (exact) mass is 640 g/mol. The number of carbonyl (C=O) groups is 5. The van der Waals surface area contributed by atoms with Crippen LogP contribution in [-0.2, 0) is 30.4 Å². The first-order valence-corrected chi connectivity index (χ1v) is 14.8. The Hall–Kier alpha value is -4.02. The highest BCUT2D eigenvalue weighted by molar-refractivity contribution is 6.58. The predicted molar refractivity (Wildman–Crippen MR) is 158 cm³/mol. The van der Waals surface area contributed by atoms with Crippen molar-refractivity contribution < 1.29 is 38.6 Å². The van der Waals surface area contributed by atoms with Gasteiger partial charge in [0.15, 0.2) is 9.75 Å². The summed E-state index contributed by atoms with van der Waals surface area (Å²) in [5, 5.41) is 20.7. The van der Waals surface area contributed by atoms with Crippen molar-refractivity contribution in [1.82, 2.24) is 4.90 Å². The lowest BCUT2D eigenvalue weighted by molar-refractivity contribution is -0.142. The number of amides is 4. The molecule has 6 rings (SSSR count). The van der Waals surface area contributed by atoms with Crippen LogP contribution in [0, 0.1) is 23.6 Å². The Kier molecular flexibility index (Phi) is 7.20. The van der Waals surface area contributed by atoms with Gasteiger partial charge in [0.2, 0.25) is 11.8 Å². The number of fused-ring (bicyclic) bond motifs is 4. The van der Waals surface area contributed by atoms with E-state index in [4.69, 9.17) is 23.2 Å². The second-order valence-corrected chi connectivity index (χ2v) is 12.8. The van der Waals surface area contributed by atoms with Crippen LogP contribution < -0.4 is 4.90 Å². The van der Waals surface area contributed by atoms with Crippen LogP contribution in [0.25, 0.3) is 0 Å². The number of hydrogen-bond donors (Lipinski definition) is 2. The molecule has 0 spiro atoms. The summed E-state index contributed by atoms with van der Waals surface area (Å²) < 4.78 is 13.8. The molecule has 2 aromatic carbocycles. The van der Waals surface area contributed by atoms with E-state index in [1.807, 2.05) is 0 Å². The number of hydrogen-bond acceptors (Lipinski definition) is 6. The highest BCUT2D eigenvalue weighted by atomic mass is 35.5. The number of alkyl halides is 2. The number of anilines is 1. The Labute approximate surface area is 261 Å². The average molecular weight is 641 g/mol. The van der Waals surface area contributed by atoms with E-state index in [0.717, 1.165) is 21.9 Å². The molecule has 9 nitrogen and oxygen atoms in total. The molecule has 2 aliphatic carbocycles. The van der Waals surface area contributed by atoms with Crippen LogP contribution in [0.1, 0.15) is 36.3 Å². The van der Waals surface area contributed by atoms with Gasteiger partial charge in [0.05, 0.1) is 23.9 Å². The van der Waals surface area contributed by atoms with E-state index < -0.39 is 75.3 Å². The first-order valence-electron chi connectivity index (χ1n) is 14.1. The van der Waals surface area contributed by atoms with Crippen molar-refractivity contribution in [2.24, 2.45) is 17.8 Å². The van der Waals surface area contributed by atoms with Gasteiger partial charge in [0, 0.05) is 18.0 Å². The van der Waals surface area contributed by atoms with Crippen LogP contribution in [0.5, 0.6) is 5.75 Å². The fourth-order valence-corrected chi connectivity index (χ4v) is 8.33. The van der Waals surface area contributed by atoms with Gasteiger partial charge >= 0.3 is 5.97 Å². The van der Waals surface area contributed by atoms with Gasteiger partial charge in [0.25, 0.3) is 11.8 Å². The lowest BCUT2D eigenvalue weighted by Gasteiger charge is -2.50. The molecule has 12 heteroatoms. The fraction of sp³-hybridized carbons (Fsp3) is 0.344. The molecular weight excluding hydrogens is 614 g/mol. The summed E-state index contributed by atoms with van der Waals surface area (Å²) in [6.07, 6.45) is 2.97. The summed E-state index contributed by atoms with van der Waals surface area (Å²) in [6, 6.07) is 9.59. The van der Waals surface area contributed by atoms with E-state index in [-0.39, 0.29) is 42.8 Å². The molecule has 0 radical (unpaired) electrons. The summed E-state index contributed by atoms with van der Waals surface area (Å²) in [5.41, 5.74) is 1.21. The third kappa shape index (κ3) is 4.07. The molecule has 6 atom stereocenters. The number of likely N-dealkylation sites (tertiary alicyclic amines) is 1. The highest BCUT2D eigenvalue weighted by Gasteiger charge is 2.76. The van der Waals surface area contributed by atoms with E-state index in [0.29, 0.717) is 11.1 Å². The van der Waals surface area contributed by atoms with Gasteiger partial charge in [-0.25, -0.2) is 9.29 Å². The lowest BCUT2D eigenvalue weighted by Crippen LogP contribution is -2.60. The number of nitrogens with zero attached hydrogens (tertiary/aromatic N) is 2. The van der Waals surface area contributed by atoms with Crippen LogP contribution in [-0.4, -0.2) is 61.0 Å². The third-order valence-electron chi connectivity index (χ3n) is 9.36. The minimum atomic E-state index is -2.19. The van der Waals surface area contributed by atoms with Crippen molar-refractivity contribution in [3.8, 4) is 5.75 Å². The largest absolute Gasteiger partial charge is 0.507 e. The molecular formula is C32H27Cl2FN2O7. The number of rotatable bonds is 7. The number of allylic oxidation sites excluding steroid dienone is 3. The number of benzene rings is 2. The van der Waals surface area contributed by atoms with Crippen molar-refractivity contribution in [3.05, 3.63) is 83.7 Å². The number of phenols is 1. The number of aliphatic carboxylic acids is 1. The Bertz CT molecular complexity index is 1680. The van der Waals surface area contributed by atoms with Crippen LogP contribution in [0.15, 0.2) is 66.8 Å². The predicted octanol–water partition coefficient (Wildman–Crippen LogP) is 4.30. The summed E-state index contributed by atoms with van der Waals surface area (Å²) in [5.74, 6) is -8.66. The average Bonchev–Trinajstić information content (AvgIpc) is 3.31. The maximum atomic E-state index is 14.4. The van der Waals surface area contributed by atoms with Gasteiger partial charge in [-0.3, -0.25) is 28.9 Å². The molecule has 2 N–H and O–H groups in total. The van der Waals surface area contributed by atoms with Crippen molar-refractivity contribution >= 4 is 58.5 Å². The lowest BCUT2D eigenvalue weighted by atomic mass is 9.56. The molecule has 0 aromatic heterocycles. The Morgan fingerprint density at radius 2 is 1.75 bits per heavy atom. The Morgan fingerprint density at radius 3 is 2.41 bits per heavy atom. The standard InChI is InChI=1S/C32H27Cl2FN2O7/c1-2-4-16-5-3-6-21(26(16)40)25-19-11-12-20-24(28(42)36(27(20)41)14-13-23(38)39)22(19)15-31(33)29(43)37(30(44)32(25,31)34)18-9-7-17(35)8-10-18/h2-3,5-11,20,22,24-25,40H,1,4,12-15H2,(H,38,39)/t20-,22+,24-,25+,31+,32-/m0/s1. The van der Waals surface area contributed by atoms with Gasteiger partial charge in [0.1, 0.15) is 11.6 Å². The van der Waals surface area contributed by atoms with Crippen molar-refractivity contribution in [3.63, 3.8) is 0 Å². The van der Waals surface area contributed by atoms with Crippen LogP contribution in [0.3, 0.4) is 0 Å². The number of aromatic hydroxyl groups is 1. The van der Waals surface area contributed by atoms with E-state index in [1.165, 1.54) is 12.1 Å². The molecule has 0 unspecified atom stereocenters. The maximum Gasteiger partial charge on any atom is 0.305 e. The van der Waals surface area contributed by atoms with E-state index in [9.17, 15) is 38.6 Å². The minimum absolute atomic E-state index is 0.0426. The molecule has 2 aliphatic heterocycles. The Balaban J connectivity index is 1.54. The molecule has 2 aromatic rings. The number of halogens is 3. The molecule has 228 valence electrons. The smallest absolute Gasteiger partial charge is 0.305 e. The maximum absolute atomic E-state index is 14.4. The summed E-state index contributed by atoms with van der Waals surface area (Å²) in [4.78, 5) is 64.3. The zero-order chi connectivity index (χ0) is 31.7. The number of phenolic OH excluding ortho intramolecular Hbond substituents is 1. The topological polar surface area (TPSA) is 132 Å². The van der Waals surface area contributed by atoms with Crippen LogP contribution in [0.2, 0.25) is 0 Å². The number of para-hydroxylation sites is 1. The van der Waals surface area contributed by atoms with E-state index in [2.05, 4.69) is 6.58 Å². The first kappa shape index (κ1) is 30.0. The normalized spacial score (nSPS) is 31.0. The SMILES string of the molecule is C=CCc1cccc([C@H]2C3=CC[C@@H]4C(=O)N(CCC(=O)O)C(=O)[C@@H]4[C@@H]3C[C@@]3(Cl)C(=O)N(c4ccc(F)cc4)C(=O)[C@@]23Cl)c1O. The molecule has 4 aliphatic rings. The zero-order valence-electron chi connectivity index (χ0n) is 23.2. The quantitative estimate of drug-likeness (QED) is 0.262. The van der Waals surface area contributed by atoms with Crippen LogP contribution >= 0.6 is 23.2 Å². The van der Waals surface area contributed by atoms with Crippen molar-refractivity contribution in [2.75, 3.05) is 11.4 Å². The van der Waals surface area contributed by atoms with Gasteiger partial charge < -0.3 is 10.2 Å². The Morgan fingerprint density at radius 1 is 1.05 bits per heavy atom. The first-order chi connectivity index (χ1) is 20.9. The number of carboxylic acids is 1. The van der Waals surface area contributed by atoms with Gasteiger partial charge in [-0.05, 0) is 55.0 Å². The fourth-order valence-electron chi connectivity index (χ4n) is 7.40. The molecule has 0 bridgehead atoms. The van der Waals surface area contributed by atoms with Gasteiger partial charge in [-0.1, -0.05) is 35.9 Å². The minimum Gasteiger partial charge on any atom is -0.507 e. The number of carbonyl (C=O) groups excluding carboxylic acids is 4. The number of imide groups is 2. The van der Waals surface area contributed by atoms with Gasteiger partial charge in [-0.15, -0.1) is 29.8 Å². The third-order valence-corrected chi connectivity index (χ3v) is 10.8. The molecule has 4 amide bonds. The summed E-state index contributed by atoms with van der Waals surface area (Å²) in [7, 11) is 0. The van der Waals surface area contributed by atoms with E-state index in [1.54, 1.807) is 30.4 Å². The van der Waals surface area contributed by atoms with E-state index >= 15 is 0 Å². The van der Waals surface area contributed by atoms with Gasteiger partial charge in [-0.2, -0.15) is 0 Å². The zero-order valence-corrected chi connectivity index (χ0v) is 24.7. The van der Waals surface area contributed by atoms with Crippen molar-refractivity contribution in [2.45, 2.75) is 41.3 Å². The molecule has 1 saturated carbocycles. The molecule has 44 heavy (non-hydrogen) atoms. The summed E-state index contributed by atoms with van der Waals surface area (Å²) >= 11 is 14.6. The number of carboxylic acid groups (broad SMARTS) is 1. The van der Waals surface area contributed by atoms with Crippen molar-refractivity contribution in [1.29, 1.82) is 0 Å². The second-order valence-electron chi connectivity index (χ2n) is 11.6. The molecule has 3 fully saturated rings. The second kappa shape index (κ2) is 10.6. The molecule has 2 heterocycles.